The zero-order valence-corrected chi connectivity index (χ0v) is 24.1. The number of amides is 1. The summed E-state index contributed by atoms with van der Waals surface area (Å²) in [4.78, 5) is 20.6. The number of benzene rings is 1. The molecule has 4 heterocycles. The lowest BCUT2D eigenvalue weighted by Gasteiger charge is -2.33. The van der Waals surface area contributed by atoms with E-state index in [4.69, 9.17) is 9.72 Å². The zero-order chi connectivity index (χ0) is 26.9. The van der Waals surface area contributed by atoms with E-state index in [2.05, 4.69) is 5.10 Å². The number of carbonyl (C=O) groups is 1. The molecule has 1 fully saturated rings. The van der Waals surface area contributed by atoms with E-state index >= 15 is 0 Å². The van der Waals surface area contributed by atoms with Crippen LogP contribution in [0.1, 0.15) is 31.2 Å². The first-order chi connectivity index (χ1) is 18.3. The summed E-state index contributed by atoms with van der Waals surface area (Å²) in [5.74, 6) is 0.108. The van der Waals surface area contributed by atoms with Gasteiger partial charge in [0.25, 0.3) is 10.0 Å². The monoisotopic (exact) mass is 573 g/mol. The van der Waals surface area contributed by atoms with Gasteiger partial charge in [-0.1, -0.05) is 23.5 Å². The summed E-state index contributed by atoms with van der Waals surface area (Å²) < 4.78 is 36.8. The number of piperidine rings is 1. The van der Waals surface area contributed by atoms with Crippen LogP contribution in [-0.4, -0.2) is 59.6 Å². The second-order valence-electron chi connectivity index (χ2n) is 9.31. The number of ether oxygens (including phenoxy) is 1. The lowest BCUT2D eigenvalue weighted by Crippen LogP contribution is -2.47. The standard InChI is InChI=1S/C26H31N5O4S3/c1-4-35-21-9-5-10-22-24(21)27-26(37-22)30(13-14-31-19(3)16-18(2)28-31)25(32)20-8-6-12-29(17-20)38(33,34)23-11-7-15-36-23/h5,7,9-11,15-16,20H,4,6,8,12-14,17H2,1-3H3. The van der Waals surface area contributed by atoms with E-state index in [1.54, 1.807) is 22.4 Å². The van der Waals surface area contributed by atoms with Crippen LogP contribution in [-0.2, 0) is 21.4 Å². The maximum Gasteiger partial charge on any atom is 0.252 e. The van der Waals surface area contributed by atoms with Gasteiger partial charge in [0.2, 0.25) is 5.91 Å². The number of aromatic nitrogens is 3. The van der Waals surface area contributed by atoms with E-state index in [9.17, 15) is 13.2 Å². The van der Waals surface area contributed by atoms with Gasteiger partial charge in [0.05, 0.1) is 29.5 Å². The van der Waals surface area contributed by atoms with Gasteiger partial charge in [0.15, 0.2) is 5.13 Å². The smallest absolute Gasteiger partial charge is 0.252 e. The van der Waals surface area contributed by atoms with Crippen LogP contribution < -0.4 is 9.64 Å². The van der Waals surface area contributed by atoms with Gasteiger partial charge < -0.3 is 4.74 Å². The Bertz CT molecular complexity index is 1530. The number of thiazole rings is 1. The lowest BCUT2D eigenvalue weighted by atomic mass is 9.98. The van der Waals surface area contributed by atoms with Crippen molar-refractivity contribution in [3.05, 3.63) is 53.2 Å². The van der Waals surface area contributed by atoms with Crippen molar-refractivity contribution in [3.8, 4) is 5.75 Å². The highest BCUT2D eigenvalue weighted by Crippen LogP contribution is 2.36. The van der Waals surface area contributed by atoms with Crippen LogP contribution in [0.2, 0.25) is 0 Å². The average molecular weight is 574 g/mol. The molecule has 1 saturated heterocycles. The van der Waals surface area contributed by atoms with Gasteiger partial charge in [-0.3, -0.25) is 14.4 Å². The van der Waals surface area contributed by atoms with Crippen LogP contribution >= 0.6 is 22.7 Å². The van der Waals surface area contributed by atoms with E-state index in [-0.39, 0.29) is 12.5 Å². The number of fused-ring (bicyclic) bond motifs is 1. The Morgan fingerprint density at radius 3 is 2.79 bits per heavy atom. The van der Waals surface area contributed by atoms with Crippen LogP contribution in [0.25, 0.3) is 10.2 Å². The van der Waals surface area contributed by atoms with Crippen molar-refractivity contribution in [2.45, 2.75) is 44.4 Å². The average Bonchev–Trinajstić information content (AvgIpc) is 3.65. The number of hydrogen-bond donors (Lipinski definition) is 0. The molecule has 1 aliphatic rings. The molecule has 1 amide bonds. The molecule has 9 nitrogen and oxygen atoms in total. The number of hydrogen-bond acceptors (Lipinski definition) is 8. The van der Waals surface area contributed by atoms with E-state index in [1.165, 1.54) is 27.0 Å². The Morgan fingerprint density at radius 2 is 2.08 bits per heavy atom. The van der Waals surface area contributed by atoms with E-state index in [0.29, 0.717) is 54.2 Å². The summed E-state index contributed by atoms with van der Waals surface area (Å²) in [6.07, 6.45) is 1.25. The summed E-state index contributed by atoms with van der Waals surface area (Å²) >= 11 is 2.64. The third-order valence-electron chi connectivity index (χ3n) is 6.63. The molecule has 202 valence electrons. The Labute approximate surface area is 230 Å². The second-order valence-corrected chi connectivity index (χ2v) is 13.4. The molecule has 38 heavy (non-hydrogen) atoms. The Hall–Kier alpha value is -2.80. The van der Waals surface area contributed by atoms with Crippen LogP contribution in [0.15, 0.2) is 46.0 Å². The molecule has 1 aliphatic heterocycles. The lowest BCUT2D eigenvalue weighted by molar-refractivity contribution is -0.123. The third-order valence-corrected chi connectivity index (χ3v) is 10.9. The Morgan fingerprint density at radius 1 is 1.24 bits per heavy atom. The molecule has 0 N–H and O–H groups in total. The van der Waals surface area contributed by atoms with Gasteiger partial charge in [-0.15, -0.1) is 11.3 Å². The number of thiophene rings is 1. The van der Waals surface area contributed by atoms with Gasteiger partial charge in [-0.05, 0) is 63.3 Å². The van der Waals surface area contributed by atoms with Gasteiger partial charge in [0, 0.05) is 25.3 Å². The molecule has 1 aromatic carbocycles. The maximum absolute atomic E-state index is 14.1. The summed E-state index contributed by atoms with van der Waals surface area (Å²) in [7, 11) is -3.63. The molecule has 0 bridgehead atoms. The normalized spacial score (nSPS) is 16.7. The predicted molar refractivity (Wildman–Crippen MR) is 151 cm³/mol. The quantitative estimate of drug-likeness (QED) is 0.288. The highest BCUT2D eigenvalue weighted by Gasteiger charge is 2.36. The molecule has 4 aromatic rings. The molecular formula is C26H31N5O4S3. The Balaban J connectivity index is 1.45. The predicted octanol–water partition coefficient (Wildman–Crippen LogP) is 4.70. The van der Waals surface area contributed by atoms with Crippen LogP contribution in [0, 0.1) is 19.8 Å². The number of rotatable bonds is 9. The van der Waals surface area contributed by atoms with Crippen molar-refractivity contribution >= 4 is 54.0 Å². The summed E-state index contributed by atoms with van der Waals surface area (Å²) in [6, 6.07) is 11.1. The summed E-state index contributed by atoms with van der Waals surface area (Å²) in [6.45, 7) is 7.83. The molecular weight excluding hydrogens is 543 g/mol. The molecule has 0 saturated carbocycles. The van der Waals surface area contributed by atoms with Crippen molar-refractivity contribution in [2.24, 2.45) is 5.92 Å². The first kappa shape index (κ1) is 26.8. The number of carbonyl (C=O) groups excluding carboxylic acids is 1. The summed E-state index contributed by atoms with van der Waals surface area (Å²) in [5.41, 5.74) is 2.66. The van der Waals surface area contributed by atoms with Gasteiger partial charge >= 0.3 is 0 Å². The molecule has 0 radical (unpaired) electrons. The van der Waals surface area contributed by atoms with E-state index < -0.39 is 15.9 Å². The molecule has 3 aromatic heterocycles. The maximum atomic E-state index is 14.1. The minimum absolute atomic E-state index is 0.116. The van der Waals surface area contributed by atoms with Crippen molar-refractivity contribution in [1.29, 1.82) is 0 Å². The first-order valence-electron chi connectivity index (χ1n) is 12.7. The molecule has 12 heteroatoms. The van der Waals surface area contributed by atoms with Crippen LogP contribution in [0.5, 0.6) is 5.75 Å². The highest BCUT2D eigenvalue weighted by atomic mass is 32.2. The fraction of sp³-hybridized carbons (Fsp3) is 0.423. The SMILES string of the molecule is CCOc1cccc2sc(N(CCn3nc(C)cc3C)C(=O)C3CCCN(S(=O)(=O)c4cccs4)C3)nc12. The number of sulfonamides is 1. The fourth-order valence-electron chi connectivity index (χ4n) is 4.82. The van der Waals surface area contributed by atoms with Gasteiger partial charge in [0.1, 0.15) is 15.5 Å². The third kappa shape index (κ3) is 5.35. The summed E-state index contributed by atoms with van der Waals surface area (Å²) in [5, 5.41) is 6.89. The molecule has 5 rings (SSSR count). The first-order valence-corrected chi connectivity index (χ1v) is 15.8. The van der Waals surface area contributed by atoms with Crippen molar-refractivity contribution in [1.82, 2.24) is 19.1 Å². The molecule has 0 aliphatic carbocycles. The van der Waals surface area contributed by atoms with Crippen molar-refractivity contribution in [2.75, 3.05) is 31.1 Å². The molecule has 1 unspecified atom stereocenters. The van der Waals surface area contributed by atoms with Crippen molar-refractivity contribution in [3.63, 3.8) is 0 Å². The van der Waals surface area contributed by atoms with Gasteiger partial charge in [-0.2, -0.15) is 9.40 Å². The zero-order valence-electron chi connectivity index (χ0n) is 21.7. The van der Waals surface area contributed by atoms with Gasteiger partial charge in [-0.25, -0.2) is 13.4 Å². The number of anilines is 1. The van der Waals surface area contributed by atoms with E-state index in [1.807, 2.05) is 49.7 Å². The highest BCUT2D eigenvalue weighted by molar-refractivity contribution is 7.91. The van der Waals surface area contributed by atoms with Crippen LogP contribution in [0.4, 0.5) is 5.13 Å². The minimum atomic E-state index is -3.63. The topological polar surface area (TPSA) is 97.6 Å². The number of nitrogens with zero attached hydrogens (tertiary/aromatic N) is 5. The number of aryl methyl sites for hydroxylation is 2. The fourth-order valence-corrected chi connectivity index (χ4v) is 8.50. The number of para-hydroxylation sites is 1. The van der Waals surface area contributed by atoms with Crippen LogP contribution in [0.3, 0.4) is 0 Å². The van der Waals surface area contributed by atoms with Crippen molar-refractivity contribution < 1.29 is 17.9 Å². The second kappa shape index (κ2) is 11.1. The minimum Gasteiger partial charge on any atom is -0.492 e. The molecule has 0 spiro atoms. The molecule has 1 atom stereocenters. The largest absolute Gasteiger partial charge is 0.492 e. The Kier molecular flexibility index (Phi) is 7.85. The van der Waals surface area contributed by atoms with E-state index in [0.717, 1.165) is 21.6 Å².